The number of nitrogens with one attached hydrogen (secondary N) is 3. The first-order valence-corrected chi connectivity index (χ1v) is 14.8. The van der Waals surface area contributed by atoms with Gasteiger partial charge in [0, 0.05) is 37.5 Å². The van der Waals surface area contributed by atoms with Crippen molar-refractivity contribution in [2.75, 3.05) is 43.4 Å². The maximum Gasteiger partial charge on any atom is 0.431 e. The highest BCUT2D eigenvalue weighted by atomic mass is 32.1. The number of piperidine rings is 1. The van der Waals surface area contributed by atoms with Crippen LogP contribution in [0.25, 0.3) is 0 Å². The topological polar surface area (TPSA) is 121 Å². The third-order valence-electron chi connectivity index (χ3n) is 7.31. The highest BCUT2D eigenvalue weighted by Gasteiger charge is 2.25. The van der Waals surface area contributed by atoms with Gasteiger partial charge in [0.05, 0.1) is 6.42 Å². The zero-order chi connectivity index (χ0) is 30.9. The molecule has 44 heavy (non-hydrogen) atoms. The van der Waals surface area contributed by atoms with Crippen molar-refractivity contribution in [3.8, 4) is 11.6 Å². The summed E-state index contributed by atoms with van der Waals surface area (Å²) in [5, 5.41) is 9.40. The first-order valence-electron chi connectivity index (χ1n) is 14.4. The average molecular weight is 626 g/mol. The number of halogens is 2. The van der Waals surface area contributed by atoms with Gasteiger partial charge in [0.15, 0.2) is 16.7 Å². The van der Waals surface area contributed by atoms with E-state index in [0.29, 0.717) is 24.6 Å². The number of ether oxygens (including phenoxy) is 1. The number of carbonyl (C=O) groups is 2. The van der Waals surface area contributed by atoms with E-state index in [2.05, 4.69) is 30.8 Å². The van der Waals surface area contributed by atoms with Gasteiger partial charge in [-0.2, -0.15) is 0 Å². The van der Waals surface area contributed by atoms with Crippen LogP contribution >= 0.6 is 12.2 Å². The Labute approximate surface area is 258 Å². The molecule has 3 N–H and O–H groups in total. The molecule has 2 aliphatic rings. The second kappa shape index (κ2) is 14.9. The van der Waals surface area contributed by atoms with Gasteiger partial charge in [-0.1, -0.05) is 12.1 Å². The second-order valence-corrected chi connectivity index (χ2v) is 11.1. The Morgan fingerprint density at radius 2 is 1.70 bits per heavy atom. The van der Waals surface area contributed by atoms with Gasteiger partial charge < -0.3 is 25.1 Å². The van der Waals surface area contributed by atoms with Gasteiger partial charge in [0.2, 0.25) is 11.8 Å². The van der Waals surface area contributed by atoms with Gasteiger partial charge in [0.25, 0.3) is 0 Å². The van der Waals surface area contributed by atoms with Crippen LogP contribution in [0.15, 0.2) is 54.9 Å². The van der Waals surface area contributed by atoms with E-state index in [1.165, 1.54) is 74.7 Å². The van der Waals surface area contributed by atoms with Crippen molar-refractivity contribution in [2.45, 2.75) is 32.1 Å². The van der Waals surface area contributed by atoms with Crippen molar-refractivity contribution >= 4 is 40.8 Å². The number of nitrogens with zero attached hydrogens (tertiary/aromatic N) is 4. The van der Waals surface area contributed by atoms with Crippen LogP contribution in [0.1, 0.15) is 31.2 Å². The summed E-state index contributed by atoms with van der Waals surface area (Å²) in [4.78, 5) is 40.6. The first kappa shape index (κ1) is 31.2. The molecule has 3 aromatic rings. The van der Waals surface area contributed by atoms with Crippen LogP contribution in [0.5, 0.6) is 11.6 Å². The molecule has 0 saturated carbocycles. The molecule has 0 spiro atoms. The van der Waals surface area contributed by atoms with Gasteiger partial charge in [-0.05, 0) is 86.7 Å². The summed E-state index contributed by atoms with van der Waals surface area (Å²) < 4.78 is 33.4. The predicted octanol–water partition coefficient (Wildman–Crippen LogP) is 4.87. The molecule has 0 bridgehead atoms. The van der Waals surface area contributed by atoms with Crippen LogP contribution in [0.4, 0.5) is 25.1 Å². The van der Waals surface area contributed by atoms with E-state index >= 15 is 0 Å². The van der Waals surface area contributed by atoms with Gasteiger partial charge in [-0.15, -0.1) is 5.06 Å². The van der Waals surface area contributed by atoms with Crippen molar-refractivity contribution in [1.82, 2.24) is 25.2 Å². The Kier molecular flexibility index (Phi) is 10.6. The zero-order valence-corrected chi connectivity index (χ0v) is 24.7. The lowest BCUT2D eigenvalue weighted by Crippen LogP contribution is -2.40. The Morgan fingerprint density at radius 3 is 2.43 bits per heavy atom. The minimum atomic E-state index is -0.726. The molecule has 2 amide bonds. The molecular weight excluding hydrogens is 592 g/mol. The van der Waals surface area contributed by atoms with Crippen LogP contribution in [0, 0.1) is 17.6 Å². The van der Waals surface area contributed by atoms with Gasteiger partial charge in [-0.25, -0.2) is 23.5 Å². The molecule has 0 radical (unpaired) electrons. The number of benzene rings is 2. The fourth-order valence-electron chi connectivity index (χ4n) is 5.12. The molecule has 2 aliphatic heterocycles. The summed E-state index contributed by atoms with van der Waals surface area (Å²) in [6.07, 6.45) is 4.96. The minimum absolute atomic E-state index is 0.00112. The molecule has 14 heteroatoms. The third-order valence-corrected chi connectivity index (χ3v) is 7.51. The predicted molar refractivity (Wildman–Crippen MR) is 163 cm³/mol. The summed E-state index contributed by atoms with van der Waals surface area (Å²) in [5.74, 6) is -0.928. The Hall–Kier alpha value is -4.27. The number of rotatable bonds is 9. The molecule has 11 nitrogen and oxygen atoms in total. The second-order valence-electron chi connectivity index (χ2n) is 10.7. The van der Waals surface area contributed by atoms with Gasteiger partial charge in [0.1, 0.15) is 18.0 Å². The summed E-state index contributed by atoms with van der Waals surface area (Å²) in [7, 11) is 0. The number of hydroxylamine groups is 2. The summed E-state index contributed by atoms with van der Waals surface area (Å²) in [6, 6.07) is 10.9. The lowest BCUT2D eigenvalue weighted by Gasteiger charge is -2.32. The maximum atomic E-state index is 14.8. The van der Waals surface area contributed by atoms with Crippen LogP contribution in [-0.4, -0.2) is 69.8 Å². The molecule has 0 unspecified atom stereocenters. The van der Waals surface area contributed by atoms with Crippen LogP contribution in [0.2, 0.25) is 0 Å². The Bertz CT molecular complexity index is 1470. The number of hydrogen-bond donors (Lipinski definition) is 3. The molecule has 232 valence electrons. The fraction of sp³-hybridized carbons (Fsp3) is 0.367. The highest BCUT2D eigenvalue weighted by Crippen LogP contribution is 2.27. The Morgan fingerprint density at radius 1 is 0.955 bits per heavy atom. The number of hydrogen-bond acceptors (Lipinski definition) is 9. The molecule has 0 aliphatic carbocycles. The normalized spacial score (nSPS) is 15.9. The molecule has 0 atom stereocenters. The van der Waals surface area contributed by atoms with Crippen molar-refractivity contribution in [1.29, 1.82) is 0 Å². The van der Waals surface area contributed by atoms with E-state index in [-0.39, 0.29) is 34.7 Å². The lowest BCUT2D eigenvalue weighted by atomic mass is 9.97. The molecule has 2 saturated heterocycles. The van der Waals surface area contributed by atoms with Crippen LogP contribution < -0.4 is 20.7 Å². The number of anilines is 2. The number of thiocarbonyl (C=S) groups is 1. The molecule has 5 rings (SSSR count). The SMILES string of the molecule is O=C(Cc1ccc(F)cc1)NC(=S)Nc1ccc(Oc2cc(NC(=O)ON3CCC(CN4CCCC4)CC3)ncn2)c(F)c1. The number of likely N-dealkylation sites (tertiary alicyclic amines) is 1. The average Bonchev–Trinajstić information content (AvgIpc) is 3.50. The largest absolute Gasteiger partial charge is 0.436 e. The third kappa shape index (κ3) is 9.36. The number of aromatic nitrogens is 2. The van der Waals surface area contributed by atoms with E-state index in [4.69, 9.17) is 21.8 Å². The van der Waals surface area contributed by atoms with Gasteiger partial charge in [-0.3, -0.25) is 10.1 Å². The van der Waals surface area contributed by atoms with E-state index in [1.54, 1.807) is 5.06 Å². The van der Waals surface area contributed by atoms with Gasteiger partial charge >= 0.3 is 6.09 Å². The minimum Gasteiger partial charge on any atom is -0.436 e. The van der Waals surface area contributed by atoms with Crippen molar-refractivity contribution in [3.05, 3.63) is 72.1 Å². The maximum absolute atomic E-state index is 14.8. The van der Waals surface area contributed by atoms with Crippen LogP contribution in [-0.2, 0) is 16.1 Å². The van der Waals surface area contributed by atoms with Crippen molar-refractivity contribution in [3.63, 3.8) is 0 Å². The molecular formula is C30H33F2N7O4S. The van der Waals surface area contributed by atoms with Crippen molar-refractivity contribution in [2.24, 2.45) is 5.92 Å². The van der Waals surface area contributed by atoms with Crippen LogP contribution in [0.3, 0.4) is 0 Å². The fourth-order valence-corrected chi connectivity index (χ4v) is 5.35. The molecule has 3 heterocycles. The molecule has 1 aromatic heterocycles. The number of carbonyl (C=O) groups excluding carboxylic acids is 2. The van der Waals surface area contributed by atoms with E-state index in [0.717, 1.165) is 25.5 Å². The monoisotopic (exact) mass is 625 g/mol. The standard InChI is InChI=1S/C30H33F2N7O4S/c31-22-5-3-20(4-6-22)15-27(40)37-29(44)35-23-7-8-25(24(32)16-23)42-28-17-26(33-19-34-28)36-30(41)43-39-13-9-21(10-14-39)18-38-11-1-2-12-38/h3-8,16-17,19,21H,1-2,9-15,18H2,(H,33,34,36,41)(H2,35,37,40,44). The van der Waals surface area contributed by atoms with E-state index < -0.39 is 23.6 Å². The molecule has 2 fully saturated rings. The first-order chi connectivity index (χ1) is 21.3. The lowest BCUT2D eigenvalue weighted by molar-refractivity contribution is -0.119. The zero-order valence-electron chi connectivity index (χ0n) is 23.9. The quantitative estimate of drug-likeness (QED) is 0.284. The molecule has 2 aromatic carbocycles. The van der Waals surface area contributed by atoms with Crippen molar-refractivity contribution < 1.29 is 27.9 Å². The number of amides is 2. The summed E-state index contributed by atoms with van der Waals surface area (Å²) >= 11 is 5.14. The smallest absolute Gasteiger partial charge is 0.431 e. The van der Waals surface area contributed by atoms with E-state index in [9.17, 15) is 18.4 Å². The van der Waals surface area contributed by atoms with E-state index in [1.807, 2.05) is 0 Å². The summed E-state index contributed by atoms with van der Waals surface area (Å²) in [5.41, 5.74) is 0.886. The highest BCUT2D eigenvalue weighted by molar-refractivity contribution is 7.80. The Balaban J connectivity index is 1.06. The summed E-state index contributed by atoms with van der Waals surface area (Å²) in [6.45, 7) is 4.80.